The van der Waals surface area contributed by atoms with Gasteiger partial charge in [0.05, 0.1) is 6.10 Å². The molecule has 1 saturated heterocycles. The lowest BCUT2D eigenvalue weighted by Gasteiger charge is -2.29. The van der Waals surface area contributed by atoms with Gasteiger partial charge in [-0.15, -0.1) is 0 Å². The van der Waals surface area contributed by atoms with Crippen molar-refractivity contribution in [3.8, 4) is 0 Å². The van der Waals surface area contributed by atoms with Crippen molar-refractivity contribution in [3.05, 3.63) is 11.8 Å². The lowest BCUT2D eigenvalue weighted by atomic mass is 9.79. The van der Waals surface area contributed by atoms with Crippen molar-refractivity contribution in [1.82, 2.24) is 5.32 Å². The number of nitrogens with one attached hydrogen (secondary N) is 1. The normalized spacial score (nSPS) is 29.0. The second kappa shape index (κ2) is 4.58. The lowest BCUT2D eigenvalue weighted by molar-refractivity contribution is -0.117. The molecule has 0 unspecified atom stereocenters. The fourth-order valence-electron chi connectivity index (χ4n) is 2.51. The monoisotopic (exact) mass is 223 g/mol. The summed E-state index contributed by atoms with van der Waals surface area (Å²) in [6.07, 6.45) is 6.03. The number of carbonyl (C=O) groups excluding carboxylic acids is 1. The van der Waals surface area contributed by atoms with Gasteiger partial charge in [-0.3, -0.25) is 4.79 Å². The zero-order valence-corrected chi connectivity index (χ0v) is 10.2. The van der Waals surface area contributed by atoms with E-state index in [2.05, 4.69) is 19.2 Å². The second-order valence-electron chi connectivity index (χ2n) is 5.67. The van der Waals surface area contributed by atoms with Crippen molar-refractivity contribution < 1.29 is 9.53 Å². The Morgan fingerprint density at radius 1 is 1.50 bits per heavy atom. The summed E-state index contributed by atoms with van der Waals surface area (Å²) in [6.45, 7) is 6.02. The molecule has 0 bridgehead atoms. The Kier molecular flexibility index (Phi) is 3.33. The number of hydrogen-bond donors (Lipinski definition) is 1. The maximum atomic E-state index is 11.5. The summed E-state index contributed by atoms with van der Waals surface area (Å²) in [5.41, 5.74) is 1.18. The third-order valence-corrected chi connectivity index (χ3v) is 3.24. The Bertz CT molecular complexity index is 301. The molecule has 0 amide bonds. The van der Waals surface area contributed by atoms with Crippen LogP contribution in [0.3, 0.4) is 0 Å². The lowest BCUT2D eigenvalue weighted by Crippen LogP contribution is -2.32. The first-order valence-corrected chi connectivity index (χ1v) is 6.14. The second-order valence-corrected chi connectivity index (χ2v) is 5.67. The Hall–Kier alpha value is -0.830. The summed E-state index contributed by atoms with van der Waals surface area (Å²) in [7, 11) is 0. The molecule has 90 valence electrons. The van der Waals surface area contributed by atoms with E-state index in [1.54, 1.807) is 6.08 Å². The van der Waals surface area contributed by atoms with E-state index in [9.17, 15) is 4.79 Å². The van der Waals surface area contributed by atoms with Crippen molar-refractivity contribution in [2.45, 2.75) is 45.6 Å². The molecule has 2 rings (SSSR count). The molecular formula is C13H21NO2. The molecule has 0 saturated carbocycles. The van der Waals surface area contributed by atoms with E-state index in [1.807, 2.05) is 0 Å². The maximum absolute atomic E-state index is 11.5. The van der Waals surface area contributed by atoms with Crippen LogP contribution in [0.4, 0.5) is 0 Å². The molecule has 1 atom stereocenters. The molecule has 1 aliphatic heterocycles. The van der Waals surface area contributed by atoms with E-state index in [4.69, 9.17) is 4.74 Å². The number of rotatable bonds is 3. The molecule has 0 aromatic carbocycles. The minimum Gasteiger partial charge on any atom is -0.386 e. The van der Waals surface area contributed by atoms with Gasteiger partial charge in [0, 0.05) is 31.3 Å². The highest BCUT2D eigenvalue weighted by atomic mass is 16.5. The average Bonchev–Trinajstić information content (AvgIpc) is 2.63. The third kappa shape index (κ3) is 3.08. The maximum Gasteiger partial charge on any atom is 0.157 e. The van der Waals surface area contributed by atoms with E-state index < -0.39 is 0 Å². The first kappa shape index (κ1) is 11.6. The molecule has 16 heavy (non-hydrogen) atoms. The van der Waals surface area contributed by atoms with Crippen LogP contribution in [-0.4, -0.2) is 25.0 Å². The summed E-state index contributed by atoms with van der Waals surface area (Å²) < 4.78 is 5.55. The zero-order valence-electron chi connectivity index (χ0n) is 10.2. The molecule has 3 nitrogen and oxygen atoms in total. The molecule has 1 N–H and O–H groups in total. The highest BCUT2D eigenvalue weighted by Crippen LogP contribution is 2.32. The number of carbonyl (C=O) groups is 1. The topological polar surface area (TPSA) is 38.3 Å². The smallest absolute Gasteiger partial charge is 0.157 e. The summed E-state index contributed by atoms with van der Waals surface area (Å²) in [5.74, 6) is 0.242. The van der Waals surface area contributed by atoms with Gasteiger partial charge in [0.15, 0.2) is 5.78 Å². The Labute approximate surface area is 97.2 Å². The molecule has 0 spiro atoms. The quantitative estimate of drug-likeness (QED) is 0.795. The van der Waals surface area contributed by atoms with Crippen molar-refractivity contribution in [1.29, 1.82) is 0 Å². The van der Waals surface area contributed by atoms with Gasteiger partial charge in [0.1, 0.15) is 0 Å². The highest BCUT2D eigenvalue weighted by Gasteiger charge is 2.27. The van der Waals surface area contributed by atoms with Crippen molar-refractivity contribution in [2.75, 3.05) is 13.2 Å². The van der Waals surface area contributed by atoms with Crippen LogP contribution in [0.2, 0.25) is 0 Å². The van der Waals surface area contributed by atoms with Crippen LogP contribution in [0.15, 0.2) is 11.8 Å². The van der Waals surface area contributed by atoms with Crippen LogP contribution in [0.25, 0.3) is 0 Å². The van der Waals surface area contributed by atoms with Gasteiger partial charge >= 0.3 is 0 Å². The van der Waals surface area contributed by atoms with Gasteiger partial charge in [0.2, 0.25) is 0 Å². The first-order valence-electron chi connectivity index (χ1n) is 6.14. The van der Waals surface area contributed by atoms with Gasteiger partial charge in [-0.1, -0.05) is 13.8 Å². The summed E-state index contributed by atoms with van der Waals surface area (Å²) in [5, 5.41) is 3.36. The van der Waals surface area contributed by atoms with E-state index >= 15 is 0 Å². The molecule has 1 aliphatic carbocycles. The van der Waals surface area contributed by atoms with Crippen LogP contribution in [0.1, 0.15) is 39.5 Å². The van der Waals surface area contributed by atoms with E-state index in [1.165, 1.54) is 0 Å². The molecule has 3 heteroatoms. The van der Waals surface area contributed by atoms with Crippen LogP contribution in [-0.2, 0) is 9.53 Å². The molecule has 1 fully saturated rings. The SMILES string of the molecule is CC1(C)CC(=O)C=C(NC[C@@H]2CCCO2)C1. The van der Waals surface area contributed by atoms with E-state index in [0.717, 1.165) is 38.1 Å². The first-order chi connectivity index (χ1) is 7.55. The fraction of sp³-hybridized carbons (Fsp3) is 0.769. The predicted molar refractivity (Wildman–Crippen MR) is 63.1 cm³/mol. The van der Waals surface area contributed by atoms with Gasteiger partial charge in [0.25, 0.3) is 0 Å². The predicted octanol–water partition coefficient (Wildman–Crippen LogP) is 2.03. The number of allylic oxidation sites excluding steroid dienone is 2. The summed E-state index contributed by atoms with van der Waals surface area (Å²) in [6, 6.07) is 0. The number of hydrogen-bond acceptors (Lipinski definition) is 3. The van der Waals surface area contributed by atoms with Crippen LogP contribution in [0, 0.1) is 5.41 Å². The summed E-state index contributed by atoms with van der Waals surface area (Å²) in [4.78, 5) is 11.5. The minimum absolute atomic E-state index is 0.102. The Morgan fingerprint density at radius 2 is 2.31 bits per heavy atom. The van der Waals surface area contributed by atoms with Gasteiger partial charge in [-0.2, -0.15) is 0 Å². The standard InChI is InChI=1S/C13H21NO2/c1-13(2)7-10(6-11(15)8-13)14-9-12-4-3-5-16-12/h6,12,14H,3-5,7-9H2,1-2H3/t12-/m0/s1. The third-order valence-electron chi connectivity index (χ3n) is 3.24. The average molecular weight is 223 g/mol. The Morgan fingerprint density at radius 3 is 2.94 bits per heavy atom. The molecule has 0 aromatic rings. The largest absolute Gasteiger partial charge is 0.386 e. The Balaban J connectivity index is 1.86. The fourth-order valence-corrected chi connectivity index (χ4v) is 2.51. The molecule has 2 aliphatic rings. The molecule has 0 radical (unpaired) electrons. The molecule has 0 aromatic heterocycles. The van der Waals surface area contributed by atoms with Gasteiger partial charge in [-0.25, -0.2) is 0 Å². The van der Waals surface area contributed by atoms with E-state index in [0.29, 0.717) is 12.5 Å². The van der Waals surface area contributed by atoms with Crippen LogP contribution < -0.4 is 5.32 Å². The van der Waals surface area contributed by atoms with Crippen LogP contribution >= 0.6 is 0 Å². The number of ether oxygens (including phenoxy) is 1. The number of ketones is 1. The van der Waals surface area contributed by atoms with Crippen LogP contribution in [0.5, 0.6) is 0 Å². The minimum atomic E-state index is 0.102. The summed E-state index contributed by atoms with van der Waals surface area (Å²) >= 11 is 0. The molecular weight excluding hydrogens is 202 g/mol. The highest BCUT2D eigenvalue weighted by molar-refractivity contribution is 5.91. The van der Waals surface area contributed by atoms with Gasteiger partial charge < -0.3 is 10.1 Å². The van der Waals surface area contributed by atoms with Crippen molar-refractivity contribution in [3.63, 3.8) is 0 Å². The molecule has 1 heterocycles. The van der Waals surface area contributed by atoms with Crippen molar-refractivity contribution >= 4 is 5.78 Å². The van der Waals surface area contributed by atoms with E-state index in [-0.39, 0.29) is 11.2 Å². The zero-order chi connectivity index (χ0) is 11.6. The van der Waals surface area contributed by atoms with Crippen molar-refractivity contribution in [2.24, 2.45) is 5.41 Å². The van der Waals surface area contributed by atoms with Gasteiger partial charge in [-0.05, 0) is 24.7 Å².